The predicted octanol–water partition coefficient (Wildman–Crippen LogP) is 0.831. The topological polar surface area (TPSA) is 62.1 Å². The molecule has 1 aliphatic rings. The van der Waals surface area contributed by atoms with E-state index in [9.17, 15) is 4.79 Å². The highest BCUT2D eigenvalue weighted by Crippen LogP contribution is 2.40. The second-order valence-corrected chi connectivity index (χ2v) is 3.88. The number of amides is 1. The third-order valence-corrected chi connectivity index (χ3v) is 2.65. The summed E-state index contributed by atoms with van der Waals surface area (Å²) in [4.78, 5) is 11.7. The minimum absolute atomic E-state index is 0.0293. The van der Waals surface area contributed by atoms with Gasteiger partial charge >= 0.3 is 0 Å². The first-order valence-electron chi connectivity index (χ1n) is 4.86. The van der Waals surface area contributed by atoms with Gasteiger partial charge in [0.2, 0.25) is 5.91 Å². The molecule has 0 heterocycles. The Labute approximate surface area is 84.2 Å². The molecule has 0 bridgehead atoms. The van der Waals surface area contributed by atoms with E-state index in [1.807, 2.05) is 6.92 Å². The molecule has 0 aromatic rings. The van der Waals surface area contributed by atoms with Crippen LogP contribution in [-0.2, 0) is 9.53 Å². The standard InChI is InChI=1S/C10H16N2O2/c1-8(6-14-2)12-9(13)10(7-11)4-3-5-10/h8H,3-6H2,1-2H3,(H,12,13). The molecule has 1 N–H and O–H groups in total. The fraction of sp³-hybridized carbons (Fsp3) is 0.800. The molecule has 14 heavy (non-hydrogen) atoms. The van der Waals surface area contributed by atoms with Crippen molar-refractivity contribution >= 4 is 5.91 Å². The maximum atomic E-state index is 11.7. The molecule has 4 heteroatoms. The van der Waals surface area contributed by atoms with Gasteiger partial charge in [-0.2, -0.15) is 5.26 Å². The molecular formula is C10H16N2O2. The lowest BCUT2D eigenvalue weighted by Gasteiger charge is -2.34. The minimum atomic E-state index is -0.748. The number of carbonyl (C=O) groups excluding carboxylic acids is 1. The molecule has 1 rings (SSSR count). The van der Waals surface area contributed by atoms with E-state index >= 15 is 0 Å². The van der Waals surface area contributed by atoms with Crippen molar-refractivity contribution in [1.29, 1.82) is 5.26 Å². The second kappa shape index (κ2) is 4.43. The fourth-order valence-electron chi connectivity index (χ4n) is 1.57. The van der Waals surface area contributed by atoms with Gasteiger partial charge in [0, 0.05) is 13.2 Å². The van der Waals surface area contributed by atoms with Gasteiger partial charge in [-0.3, -0.25) is 4.79 Å². The van der Waals surface area contributed by atoms with Gasteiger partial charge in [0.1, 0.15) is 5.41 Å². The maximum absolute atomic E-state index is 11.7. The van der Waals surface area contributed by atoms with Gasteiger partial charge in [-0.25, -0.2) is 0 Å². The van der Waals surface area contributed by atoms with Crippen molar-refractivity contribution in [3.05, 3.63) is 0 Å². The molecule has 1 amide bonds. The van der Waals surface area contributed by atoms with Gasteiger partial charge in [0.05, 0.1) is 12.7 Å². The van der Waals surface area contributed by atoms with Crippen LogP contribution in [0.5, 0.6) is 0 Å². The molecule has 78 valence electrons. The largest absolute Gasteiger partial charge is 0.383 e. The summed E-state index contributed by atoms with van der Waals surface area (Å²) in [6, 6.07) is 2.08. The highest BCUT2D eigenvalue weighted by molar-refractivity contribution is 5.86. The number of hydrogen-bond donors (Lipinski definition) is 1. The van der Waals surface area contributed by atoms with Crippen molar-refractivity contribution in [1.82, 2.24) is 5.32 Å². The quantitative estimate of drug-likeness (QED) is 0.724. The van der Waals surface area contributed by atoms with Crippen LogP contribution in [0.1, 0.15) is 26.2 Å². The Balaban J connectivity index is 2.45. The number of nitriles is 1. The molecule has 0 aliphatic heterocycles. The van der Waals surface area contributed by atoms with Crippen LogP contribution in [0.15, 0.2) is 0 Å². The van der Waals surface area contributed by atoms with Crippen LogP contribution in [0.4, 0.5) is 0 Å². The van der Waals surface area contributed by atoms with Gasteiger partial charge in [0.25, 0.3) is 0 Å². The van der Waals surface area contributed by atoms with E-state index in [4.69, 9.17) is 10.00 Å². The Morgan fingerprint density at radius 1 is 1.71 bits per heavy atom. The van der Waals surface area contributed by atoms with Crippen molar-refractivity contribution in [2.24, 2.45) is 5.41 Å². The molecule has 0 aromatic carbocycles. The molecule has 0 radical (unpaired) electrons. The lowest BCUT2D eigenvalue weighted by atomic mass is 9.69. The molecule has 1 fully saturated rings. The van der Waals surface area contributed by atoms with Crippen LogP contribution in [0.2, 0.25) is 0 Å². The molecular weight excluding hydrogens is 180 g/mol. The Hall–Kier alpha value is -1.08. The van der Waals surface area contributed by atoms with Crippen molar-refractivity contribution in [2.45, 2.75) is 32.2 Å². The SMILES string of the molecule is COCC(C)NC(=O)C1(C#N)CCC1. The summed E-state index contributed by atoms with van der Waals surface area (Å²) in [7, 11) is 1.59. The molecule has 0 saturated heterocycles. The Kier molecular flexibility index (Phi) is 3.48. The van der Waals surface area contributed by atoms with Crippen molar-refractivity contribution in [2.75, 3.05) is 13.7 Å². The summed E-state index contributed by atoms with van der Waals surface area (Å²) in [6.07, 6.45) is 2.35. The number of methoxy groups -OCH3 is 1. The van der Waals surface area contributed by atoms with Crippen molar-refractivity contribution < 1.29 is 9.53 Å². The Bertz CT molecular complexity index is 253. The first kappa shape index (κ1) is 11.0. The summed E-state index contributed by atoms with van der Waals surface area (Å²) in [6.45, 7) is 2.35. The molecule has 4 nitrogen and oxygen atoms in total. The van der Waals surface area contributed by atoms with Gasteiger partial charge in [-0.05, 0) is 26.2 Å². The fourth-order valence-corrected chi connectivity index (χ4v) is 1.57. The van der Waals surface area contributed by atoms with Crippen LogP contribution in [0.3, 0.4) is 0 Å². The third kappa shape index (κ3) is 2.05. The highest BCUT2D eigenvalue weighted by atomic mass is 16.5. The van der Waals surface area contributed by atoms with E-state index in [1.165, 1.54) is 0 Å². The van der Waals surface area contributed by atoms with E-state index in [0.29, 0.717) is 19.4 Å². The van der Waals surface area contributed by atoms with Crippen LogP contribution in [0.25, 0.3) is 0 Å². The van der Waals surface area contributed by atoms with E-state index in [0.717, 1.165) is 6.42 Å². The lowest BCUT2D eigenvalue weighted by molar-refractivity contribution is -0.132. The van der Waals surface area contributed by atoms with E-state index in [1.54, 1.807) is 7.11 Å². The first-order chi connectivity index (χ1) is 6.64. The number of rotatable bonds is 4. The molecule has 1 aliphatic carbocycles. The number of nitrogens with one attached hydrogen (secondary N) is 1. The minimum Gasteiger partial charge on any atom is -0.383 e. The summed E-state index contributed by atoms with van der Waals surface area (Å²) in [5, 5.41) is 11.7. The van der Waals surface area contributed by atoms with Crippen LogP contribution in [-0.4, -0.2) is 25.7 Å². The summed E-state index contributed by atoms with van der Waals surface area (Å²) >= 11 is 0. The average Bonchev–Trinajstić information content (AvgIpc) is 2.03. The van der Waals surface area contributed by atoms with Crippen molar-refractivity contribution in [3.63, 3.8) is 0 Å². The second-order valence-electron chi connectivity index (χ2n) is 3.88. The predicted molar refractivity (Wildman–Crippen MR) is 51.4 cm³/mol. The molecule has 1 atom stereocenters. The molecule has 0 aromatic heterocycles. The Morgan fingerprint density at radius 3 is 2.71 bits per heavy atom. The molecule has 0 spiro atoms. The zero-order chi connectivity index (χ0) is 10.6. The van der Waals surface area contributed by atoms with Crippen LogP contribution < -0.4 is 5.32 Å². The average molecular weight is 196 g/mol. The Morgan fingerprint density at radius 2 is 2.36 bits per heavy atom. The lowest BCUT2D eigenvalue weighted by Crippen LogP contribution is -2.48. The van der Waals surface area contributed by atoms with Crippen LogP contribution >= 0.6 is 0 Å². The van der Waals surface area contributed by atoms with E-state index in [2.05, 4.69) is 11.4 Å². The normalized spacial score (nSPS) is 20.4. The number of hydrogen-bond acceptors (Lipinski definition) is 3. The van der Waals surface area contributed by atoms with Gasteiger partial charge < -0.3 is 10.1 Å². The summed E-state index contributed by atoms with van der Waals surface area (Å²) in [5.41, 5.74) is -0.748. The number of ether oxygens (including phenoxy) is 1. The highest BCUT2D eigenvalue weighted by Gasteiger charge is 2.44. The van der Waals surface area contributed by atoms with E-state index < -0.39 is 5.41 Å². The summed E-state index contributed by atoms with van der Waals surface area (Å²) in [5.74, 6) is -0.143. The number of nitrogens with zero attached hydrogens (tertiary/aromatic N) is 1. The van der Waals surface area contributed by atoms with Crippen LogP contribution in [0, 0.1) is 16.7 Å². The molecule has 1 unspecified atom stereocenters. The van der Waals surface area contributed by atoms with Gasteiger partial charge in [-0.15, -0.1) is 0 Å². The smallest absolute Gasteiger partial charge is 0.240 e. The van der Waals surface area contributed by atoms with Crippen molar-refractivity contribution in [3.8, 4) is 6.07 Å². The maximum Gasteiger partial charge on any atom is 0.240 e. The number of carbonyl (C=O) groups is 1. The zero-order valence-electron chi connectivity index (χ0n) is 8.67. The molecule has 1 saturated carbocycles. The van der Waals surface area contributed by atoms with E-state index in [-0.39, 0.29) is 11.9 Å². The van der Waals surface area contributed by atoms with Gasteiger partial charge in [0.15, 0.2) is 0 Å². The third-order valence-electron chi connectivity index (χ3n) is 2.65. The monoisotopic (exact) mass is 196 g/mol. The van der Waals surface area contributed by atoms with Gasteiger partial charge in [-0.1, -0.05) is 0 Å². The first-order valence-corrected chi connectivity index (χ1v) is 4.86. The zero-order valence-corrected chi connectivity index (χ0v) is 8.67. The summed E-state index contributed by atoms with van der Waals surface area (Å²) < 4.78 is 4.90.